The molecule has 2 nitrogen and oxygen atoms in total. The maximum Gasteiger partial charge on any atom is 0.101 e. The SMILES string of the molecule is C=C.CC.CC(C)c1cccc(C(C)C)c1NC(N)c1ccccc1. The highest BCUT2D eigenvalue weighted by atomic mass is 15.0. The van der Waals surface area contributed by atoms with E-state index in [1.165, 1.54) is 16.8 Å². The molecule has 0 saturated heterocycles. The normalized spacial score (nSPS) is 11.1. The van der Waals surface area contributed by atoms with E-state index < -0.39 is 0 Å². The zero-order valence-corrected chi connectivity index (χ0v) is 16.8. The molecule has 2 aromatic carbocycles. The van der Waals surface area contributed by atoms with Gasteiger partial charge in [0.1, 0.15) is 6.17 Å². The van der Waals surface area contributed by atoms with E-state index in [4.69, 9.17) is 5.73 Å². The third kappa shape index (κ3) is 6.75. The highest BCUT2D eigenvalue weighted by Gasteiger charge is 2.16. The Balaban J connectivity index is 0.00000134. The summed E-state index contributed by atoms with van der Waals surface area (Å²) < 4.78 is 0. The van der Waals surface area contributed by atoms with Gasteiger partial charge in [0, 0.05) is 5.69 Å². The monoisotopic (exact) mass is 340 g/mol. The summed E-state index contributed by atoms with van der Waals surface area (Å²) in [6.07, 6.45) is -0.191. The van der Waals surface area contributed by atoms with Crippen molar-refractivity contribution in [3.05, 3.63) is 78.4 Å². The number of para-hydroxylation sites is 1. The molecule has 0 radical (unpaired) electrons. The predicted molar refractivity (Wildman–Crippen MR) is 114 cm³/mol. The Kier molecular flexibility index (Phi) is 11.3. The van der Waals surface area contributed by atoms with E-state index in [-0.39, 0.29) is 6.17 Å². The lowest BCUT2D eigenvalue weighted by Gasteiger charge is -2.24. The second-order valence-electron chi connectivity index (χ2n) is 6.15. The van der Waals surface area contributed by atoms with Crippen LogP contribution in [0.4, 0.5) is 5.69 Å². The van der Waals surface area contributed by atoms with Gasteiger partial charge >= 0.3 is 0 Å². The van der Waals surface area contributed by atoms with Crippen LogP contribution in [-0.2, 0) is 0 Å². The lowest BCUT2D eigenvalue weighted by atomic mass is 9.92. The summed E-state index contributed by atoms with van der Waals surface area (Å²) >= 11 is 0. The zero-order chi connectivity index (χ0) is 19.4. The van der Waals surface area contributed by atoms with Crippen molar-refractivity contribution in [2.75, 3.05) is 5.32 Å². The topological polar surface area (TPSA) is 38.0 Å². The van der Waals surface area contributed by atoms with Gasteiger partial charge in [-0.05, 0) is 28.5 Å². The third-order valence-corrected chi connectivity index (χ3v) is 3.83. The lowest BCUT2D eigenvalue weighted by Crippen LogP contribution is -2.22. The van der Waals surface area contributed by atoms with Crippen molar-refractivity contribution in [1.82, 2.24) is 0 Å². The minimum Gasteiger partial charge on any atom is -0.366 e. The van der Waals surface area contributed by atoms with Gasteiger partial charge in [-0.1, -0.05) is 90.1 Å². The predicted octanol–water partition coefficient (Wildman–Crippen LogP) is 6.83. The van der Waals surface area contributed by atoms with Crippen LogP contribution < -0.4 is 11.1 Å². The van der Waals surface area contributed by atoms with Gasteiger partial charge in [0.05, 0.1) is 0 Å². The fraction of sp³-hybridized carbons (Fsp3) is 0.391. The Morgan fingerprint density at radius 1 is 0.760 bits per heavy atom. The summed E-state index contributed by atoms with van der Waals surface area (Å²) in [4.78, 5) is 0. The van der Waals surface area contributed by atoms with Crippen LogP contribution in [0.2, 0.25) is 0 Å². The van der Waals surface area contributed by atoms with E-state index in [0.29, 0.717) is 11.8 Å². The molecular weight excluding hydrogens is 304 g/mol. The van der Waals surface area contributed by atoms with Crippen molar-refractivity contribution >= 4 is 5.69 Å². The van der Waals surface area contributed by atoms with Crippen LogP contribution in [0.3, 0.4) is 0 Å². The van der Waals surface area contributed by atoms with E-state index in [9.17, 15) is 0 Å². The first-order valence-corrected chi connectivity index (χ1v) is 9.20. The van der Waals surface area contributed by atoms with E-state index in [1.54, 1.807) is 0 Å². The minimum absolute atomic E-state index is 0.191. The number of hydrogen-bond acceptors (Lipinski definition) is 2. The van der Waals surface area contributed by atoms with Crippen molar-refractivity contribution in [3.63, 3.8) is 0 Å². The first-order valence-electron chi connectivity index (χ1n) is 9.20. The molecule has 0 fully saturated rings. The molecule has 2 heteroatoms. The van der Waals surface area contributed by atoms with E-state index in [1.807, 2.05) is 32.0 Å². The molecule has 3 N–H and O–H groups in total. The Hall–Kier alpha value is -2.06. The van der Waals surface area contributed by atoms with Gasteiger partial charge in [-0.15, -0.1) is 13.2 Å². The summed E-state index contributed by atoms with van der Waals surface area (Å²) in [5.74, 6) is 0.934. The molecule has 2 rings (SSSR count). The number of nitrogens with one attached hydrogen (secondary N) is 1. The van der Waals surface area contributed by atoms with Crippen molar-refractivity contribution in [3.8, 4) is 0 Å². The van der Waals surface area contributed by atoms with Gasteiger partial charge < -0.3 is 11.1 Å². The highest BCUT2D eigenvalue weighted by molar-refractivity contribution is 5.61. The molecule has 0 aliphatic heterocycles. The molecule has 0 spiro atoms. The summed E-state index contributed by atoms with van der Waals surface area (Å²) in [5, 5.41) is 3.54. The lowest BCUT2D eigenvalue weighted by molar-refractivity contribution is 0.793. The molecule has 0 aliphatic carbocycles. The van der Waals surface area contributed by atoms with Crippen molar-refractivity contribution in [2.45, 2.75) is 59.5 Å². The molecule has 25 heavy (non-hydrogen) atoms. The number of benzene rings is 2. The van der Waals surface area contributed by atoms with Crippen LogP contribution in [0.5, 0.6) is 0 Å². The van der Waals surface area contributed by atoms with Crippen LogP contribution in [0.25, 0.3) is 0 Å². The van der Waals surface area contributed by atoms with Crippen LogP contribution in [0, 0.1) is 0 Å². The average Bonchev–Trinajstić information content (AvgIpc) is 2.65. The molecular formula is C23H36N2. The van der Waals surface area contributed by atoms with Crippen molar-refractivity contribution in [2.24, 2.45) is 5.73 Å². The van der Waals surface area contributed by atoms with Crippen molar-refractivity contribution in [1.29, 1.82) is 0 Å². The van der Waals surface area contributed by atoms with E-state index in [2.05, 4.69) is 76.5 Å². The van der Waals surface area contributed by atoms with Crippen LogP contribution in [0.1, 0.15) is 76.2 Å². The molecule has 2 aromatic rings. The Bertz CT molecular complexity index is 562. The number of rotatable bonds is 5. The van der Waals surface area contributed by atoms with Crippen LogP contribution in [-0.4, -0.2) is 0 Å². The van der Waals surface area contributed by atoms with Crippen LogP contribution in [0.15, 0.2) is 61.7 Å². The second-order valence-corrected chi connectivity index (χ2v) is 6.15. The smallest absolute Gasteiger partial charge is 0.101 e. The Morgan fingerprint density at radius 2 is 1.20 bits per heavy atom. The number of anilines is 1. The molecule has 138 valence electrons. The standard InChI is InChI=1S/C19H26N2.C2H6.C2H4/c1-13(2)16-11-8-12-17(14(3)4)18(16)21-19(20)15-9-6-5-7-10-15;2*1-2/h5-14,19,21H,20H2,1-4H3;1-2H3;1-2H2. The highest BCUT2D eigenvalue weighted by Crippen LogP contribution is 2.33. The Morgan fingerprint density at radius 3 is 1.60 bits per heavy atom. The number of nitrogens with two attached hydrogens (primary N) is 1. The quantitative estimate of drug-likeness (QED) is 0.462. The number of hydrogen-bond donors (Lipinski definition) is 2. The first-order chi connectivity index (χ1) is 12.0. The molecule has 1 unspecified atom stereocenters. The molecule has 0 saturated carbocycles. The molecule has 0 bridgehead atoms. The van der Waals surface area contributed by atoms with Gasteiger partial charge in [0.2, 0.25) is 0 Å². The summed E-state index contributed by atoms with van der Waals surface area (Å²) in [7, 11) is 0. The maximum atomic E-state index is 6.35. The summed E-state index contributed by atoms with van der Waals surface area (Å²) in [6.45, 7) is 18.9. The van der Waals surface area contributed by atoms with Gasteiger partial charge in [-0.3, -0.25) is 0 Å². The first kappa shape index (κ1) is 22.9. The van der Waals surface area contributed by atoms with Gasteiger partial charge in [0.25, 0.3) is 0 Å². The summed E-state index contributed by atoms with van der Waals surface area (Å²) in [6, 6.07) is 16.7. The van der Waals surface area contributed by atoms with E-state index >= 15 is 0 Å². The fourth-order valence-corrected chi connectivity index (χ4v) is 2.62. The Labute approximate surface area is 155 Å². The fourth-order valence-electron chi connectivity index (χ4n) is 2.62. The molecule has 1 atom stereocenters. The second kappa shape index (κ2) is 12.3. The van der Waals surface area contributed by atoms with Gasteiger partial charge in [-0.2, -0.15) is 0 Å². The molecule has 0 heterocycles. The largest absolute Gasteiger partial charge is 0.366 e. The minimum atomic E-state index is -0.191. The van der Waals surface area contributed by atoms with Gasteiger partial charge in [0.15, 0.2) is 0 Å². The zero-order valence-electron chi connectivity index (χ0n) is 16.8. The molecule has 0 aromatic heterocycles. The third-order valence-electron chi connectivity index (χ3n) is 3.83. The average molecular weight is 341 g/mol. The molecule has 0 amide bonds. The van der Waals surface area contributed by atoms with Crippen LogP contribution >= 0.6 is 0 Å². The molecule has 0 aliphatic rings. The van der Waals surface area contributed by atoms with Crippen molar-refractivity contribution < 1.29 is 0 Å². The summed E-state index contributed by atoms with van der Waals surface area (Å²) in [5.41, 5.74) is 11.3. The maximum absolute atomic E-state index is 6.35. The van der Waals surface area contributed by atoms with E-state index in [0.717, 1.165) is 5.56 Å². The van der Waals surface area contributed by atoms with Gasteiger partial charge in [-0.25, -0.2) is 0 Å².